The number of nitrogens with one attached hydrogen (secondary N) is 1. The fraction of sp³-hybridized carbons (Fsp3) is 0.200. The van der Waals surface area contributed by atoms with Gasteiger partial charge in [0.25, 0.3) is 0 Å². The van der Waals surface area contributed by atoms with Crippen molar-refractivity contribution in [2.24, 2.45) is 0 Å². The number of nitrogens with zero attached hydrogens (tertiary/aromatic N) is 2. The van der Waals surface area contributed by atoms with E-state index in [4.69, 9.17) is 9.72 Å². The van der Waals surface area contributed by atoms with Gasteiger partial charge in [0.2, 0.25) is 5.91 Å². The zero-order chi connectivity index (χ0) is 24.3. The predicted octanol–water partition coefficient (Wildman–Crippen LogP) is 5.95. The molecule has 0 aliphatic heterocycles. The van der Waals surface area contributed by atoms with Crippen LogP contribution in [0.2, 0.25) is 0 Å². The molecule has 5 heteroatoms. The number of imidazole rings is 1. The molecule has 1 N–H and O–H groups in total. The lowest BCUT2D eigenvalue weighted by molar-refractivity contribution is -0.116. The third-order valence-electron chi connectivity index (χ3n) is 5.75. The Hall–Kier alpha value is -4.12. The van der Waals surface area contributed by atoms with Gasteiger partial charge in [-0.1, -0.05) is 66.7 Å². The van der Waals surface area contributed by atoms with E-state index < -0.39 is 0 Å². The van der Waals surface area contributed by atoms with Gasteiger partial charge in [-0.3, -0.25) is 4.79 Å². The van der Waals surface area contributed by atoms with Crippen molar-refractivity contribution in [3.63, 3.8) is 0 Å². The molecule has 0 radical (unpaired) electrons. The number of amides is 1. The highest BCUT2D eigenvalue weighted by molar-refractivity contribution is 5.91. The highest BCUT2D eigenvalue weighted by Crippen LogP contribution is 2.20. The number of aryl methyl sites for hydroxylation is 1. The first-order chi connectivity index (χ1) is 17.2. The highest BCUT2D eigenvalue weighted by Gasteiger charge is 2.11. The van der Waals surface area contributed by atoms with Gasteiger partial charge in [0.1, 0.15) is 11.6 Å². The van der Waals surface area contributed by atoms with Crippen LogP contribution in [0.3, 0.4) is 0 Å². The normalized spacial score (nSPS) is 11.1. The number of rotatable bonds is 12. The van der Waals surface area contributed by atoms with Gasteiger partial charge in [-0.25, -0.2) is 4.98 Å². The van der Waals surface area contributed by atoms with E-state index in [1.807, 2.05) is 78.9 Å². The lowest BCUT2D eigenvalue weighted by atomic mass is 10.1. The van der Waals surface area contributed by atoms with Crippen LogP contribution in [0.4, 0.5) is 0 Å². The Morgan fingerprint density at radius 2 is 1.74 bits per heavy atom. The molecule has 4 aromatic rings. The van der Waals surface area contributed by atoms with Crippen LogP contribution in [0, 0.1) is 0 Å². The van der Waals surface area contributed by atoms with Crippen molar-refractivity contribution in [3.05, 3.63) is 115 Å². The number of carbonyl (C=O) groups excluding carboxylic acids is 1. The number of ether oxygens (including phenoxy) is 1. The third kappa shape index (κ3) is 6.70. The minimum Gasteiger partial charge on any atom is -0.493 e. The Kier molecular flexibility index (Phi) is 8.49. The Labute approximate surface area is 206 Å². The summed E-state index contributed by atoms with van der Waals surface area (Å²) in [7, 11) is 0. The van der Waals surface area contributed by atoms with Crippen LogP contribution in [-0.2, 0) is 24.3 Å². The number of carbonyl (C=O) groups is 1. The molecule has 1 amide bonds. The fourth-order valence-corrected chi connectivity index (χ4v) is 3.99. The summed E-state index contributed by atoms with van der Waals surface area (Å²) in [6.07, 6.45) is 7.92. The van der Waals surface area contributed by atoms with E-state index in [0.717, 1.165) is 59.5 Å². The number of hydrogen-bond acceptors (Lipinski definition) is 3. The van der Waals surface area contributed by atoms with Crippen molar-refractivity contribution < 1.29 is 9.53 Å². The molecule has 5 nitrogen and oxygen atoms in total. The molecule has 1 heterocycles. The molecule has 4 rings (SSSR count). The van der Waals surface area contributed by atoms with E-state index in [2.05, 4.69) is 28.6 Å². The van der Waals surface area contributed by atoms with Crippen molar-refractivity contribution in [2.75, 3.05) is 6.61 Å². The molecule has 0 spiro atoms. The van der Waals surface area contributed by atoms with E-state index >= 15 is 0 Å². The number of para-hydroxylation sites is 3. The van der Waals surface area contributed by atoms with Gasteiger partial charge in [-0.15, -0.1) is 6.58 Å². The van der Waals surface area contributed by atoms with Crippen LogP contribution in [-0.4, -0.2) is 22.1 Å². The maximum Gasteiger partial charge on any atom is 0.244 e. The van der Waals surface area contributed by atoms with Gasteiger partial charge in [-0.05, 0) is 54.7 Å². The van der Waals surface area contributed by atoms with Crippen molar-refractivity contribution in [2.45, 2.75) is 32.4 Å². The fourth-order valence-electron chi connectivity index (χ4n) is 3.99. The Bertz CT molecular complexity index is 1290. The molecule has 0 saturated heterocycles. The smallest absolute Gasteiger partial charge is 0.244 e. The molecule has 0 atom stereocenters. The largest absolute Gasteiger partial charge is 0.493 e. The molecule has 0 saturated carbocycles. The molecule has 0 unspecified atom stereocenters. The quantitative estimate of drug-likeness (QED) is 0.160. The van der Waals surface area contributed by atoms with Gasteiger partial charge in [0.15, 0.2) is 0 Å². The zero-order valence-electron chi connectivity index (χ0n) is 19.9. The third-order valence-corrected chi connectivity index (χ3v) is 5.75. The second kappa shape index (κ2) is 12.4. The number of hydrogen-bond donors (Lipinski definition) is 1. The molecular weight excluding hydrogens is 434 g/mol. The Morgan fingerprint density at radius 1 is 0.971 bits per heavy atom. The first kappa shape index (κ1) is 24.0. The number of allylic oxidation sites excluding steroid dienone is 1. The summed E-state index contributed by atoms with van der Waals surface area (Å²) in [6.45, 7) is 5.66. The summed E-state index contributed by atoms with van der Waals surface area (Å²) >= 11 is 0. The molecular formula is C30H31N3O2. The second-order valence-electron chi connectivity index (χ2n) is 8.29. The van der Waals surface area contributed by atoms with Crippen molar-refractivity contribution in [3.8, 4) is 5.75 Å². The predicted molar refractivity (Wildman–Crippen MR) is 142 cm³/mol. The van der Waals surface area contributed by atoms with Crippen molar-refractivity contribution >= 4 is 23.0 Å². The lowest BCUT2D eigenvalue weighted by Crippen LogP contribution is -2.22. The maximum atomic E-state index is 12.4. The van der Waals surface area contributed by atoms with Crippen LogP contribution >= 0.6 is 0 Å². The first-order valence-electron chi connectivity index (χ1n) is 12.0. The van der Waals surface area contributed by atoms with Crippen LogP contribution in [0.5, 0.6) is 5.75 Å². The molecule has 1 aromatic heterocycles. The average molecular weight is 466 g/mol. The molecule has 0 fully saturated rings. The molecule has 178 valence electrons. The van der Waals surface area contributed by atoms with Crippen LogP contribution in [0.1, 0.15) is 29.8 Å². The van der Waals surface area contributed by atoms with Crippen LogP contribution in [0.25, 0.3) is 17.1 Å². The Balaban J connectivity index is 1.34. The summed E-state index contributed by atoms with van der Waals surface area (Å²) in [6, 6.07) is 26.0. The van der Waals surface area contributed by atoms with E-state index in [9.17, 15) is 4.79 Å². The molecule has 35 heavy (non-hydrogen) atoms. The monoisotopic (exact) mass is 465 g/mol. The van der Waals surface area contributed by atoms with Crippen molar-refractivity contribution in [1.29, 1.82) is 0 Å². The van der Waals surface area contributed by atoms with Gasteiger partial charge >= 0.3 is 0 Å². The summed E-state index contributed by atoms with van der Waals surface area (Å²) in [5.74, 6) is 1.64. The maximum absolute atomic E-state index is 12.4. The lowest BCUT2D eigenvalue weighted by Gasteiger charge is -2.12. The van der Waals surface area contributed by atoms with Gasteiger partial charge in [-0.2, -0.15) is 0 Å². The number of aromatic nitrogens is 2. The number of benzene rings is 3. The molecule has 0 aliphatic rings. The van der Waals surface area contributed by atoms with Gasteiger partial charge < -0.3 is 14.6 Å². The highest BCUT2D eigenvalue weighted by atomic mass is 16.5. The summed E-state index contributed by atoms with van der Waals surface area (Å²) < 4.78 is 8.23. The Morgan fingerprint density at radius 3 is 2.60 bits per heavy atom. The van der Waals surface area contributed by atoms with Crippen molar-refractivity contribution in [1.82, 2.24) is 14.9 Å². The van der Waals surface area contributed by atoms with E-state index in [0.29, 0.717) is 13.2 Å². The topological polar surface area (TPSA) is 56.1 Å². The first-order valence-corrected chi connectivity index (χ1v) is 12.0. The summed E-state index contributed by atoms with van der Waals surface area (Å²) in [5.41, 5.74) is 4.16. The van der Waals surface area contributed by atoms with Crippen LogP contribution in [0.15, 0.2) is 97.6 Å². The van der Waals surface area contributed by atoms with E-state index in [1.54, 1.807) is 6.08 Å². The van der Waals surface area contributed by atoms with Gasteiger partial charge in [0, 0.05) is 12.6 Å². The zero-order valence-corrected chi connectivity index (χ0v) is 19.9. The van der Waals surface area contributed by atoms with Gasteiger partial charge in [0.05, 0.1) is 24.2 Å². The van der Waals surface area contributed by atoms with Crippen LogP contribution < -0.4 is 10.1 Å². The minimum absolute atomic E-state index is 0.140. The average Bonchev–Trinajstić information content (AvgIpc) is 3.25. The molecule has 0 bridgehead atoms. The molecule has 3 aromatic carbocycles. The summed E-state index contributed by atoms with van der Waals surface area (Å²) in [4.78, 5) is 17.1. The second-order valence-corrected chi connectivity index (χ2v) is 8.29. The minimum atomic E-state index is -0.140. The van der Waals surface area contributed by atoms with E-state index in [-0.39, 0.29) is 5.91 Å². The van der Waals surface area contributed by atoms with E-state index in [1.165, 1.54) is 0 Å². The standard InChI is InChI=1S/C30H31N3O2/c1-2-12-25-15-6-9-18-28(25)35-22-11-10-21-33-27-17-8-7-16-26(27)32-29(33)23-31-30(34)20-19-24-13-4-3-5-14-24/h2-9,13-20H,1,10-12,21-23H2,(H,31,34)/b20-19-. The molecule has 0 aliphatic carbocycles. The SMILES string of the molecule is C=CCc1ccccc1OCCCCn1c(CNC(=O)/C=C\c2ccccc2)nc2ccccc21. The number of unbranched alkanes of at least 4 members (excludes halogenated alkanes) is 1. The summed E-state index contributed by atoms with van der Waals surface area (Å²) in [5, 5.41) is 2.97. The number of fused-ring (bicyclic) bond motifs is 1.